The number of pyridine rings is 1. The van der Waals surface area contributed by atoms with E-state index in [0.29, 0.717) is 28.0 Å². The fraction of sp³-hybridized carbons (Fsp3) is 0.333. The number of nitrogens with zero attached hydrogens (tertiary/aromatic N) is 4. The molecular weight excluding hydrogens is 372 g/mol. The number of hydrogen-bond donors (Lipinski definition) is 0. The lowest BCUT2D eigenvalue weighted by molar-refractivity contribution is 0.169. The highest BCUT2D eigenvalue weighted by atomic mass is 35.5. The van der Waals surface area contributed by atoms with Crippen LogP contribution in [-0.4, -0.2) is 54.2 Å². The van der Waals surface area contributed by atoms with Crippen LogP contribution >= 0.6 is 11.6 Å². The minimum absolute atomic E-state index is 0.292. The van der Waals surface area contributed by atoms with Gasteiger partial charge in [-0.3, -0.25) is 4.90 Å². The monoisotopic (exact) mass is 388 g/mol. The minimum Gasteiger partial charge on any atom is -0.350 e. The van der Waals surface area contributed by atoms with Crippen molar-refractivity contribution >= 4 is 27.5 Å². The highest BCUT2D eigenvalue weighted by Gasteiger charge is 2.46. The van der Waals surface area contributed by atoms with Crippen LogP contribution in [0, 0.1) is 0 Å². The van der Waals surface area contributed by atoms with Gasteiger partial charge in [-0.15, -0.1) is 4.40 Å². The molecule has 8 heteroatoms. The van der Waals surface area contributed by atoms with E-state index < -0.39 is 10.0 Å². The number of hydrogen-bond acceptors (Lipinski definition) is 5. The molecule has 3 aliphatic heterocycles. The normalized spacial score (nSPS) is 26.2. The first-order valence-electron chi connectivity index (χ1n) is 8.57. The van der Waals surface area contributed by atoms with E-state index in [1.165, 1.54) is 0 Å². The fourth-order valence-electron chi connectivity index (χ4n) is 4.23. The van der Waals surface area contributed by atoms with E-state index in [0.717, 1.165) is 37.2 Å². The smallest absolute Gasteiger partial charge is 0.285 e. The Morgan fingerprint density at radius 3 is 2.69 bits per heavy atom. The number of aromatic nitrogens is 1. The number of sulfonamides is 1. The average Bonchev–Trinajstić information content (AvgIpc) is 3.29. The molecule has 4 heterocycles. The maximum atomic E-state index is 12.3. The fourth-order valence-corrected chi connectivity index (χ4v) is 5.56. The summed E-state index contributed by atoms with van der Waals surface area (Å²) in [5.74, 6) is 0.612. The molecule has 26 heavy (non-hydrogen) atoms. The summed E-state index contributed by atoms with van der Waals surface area (Å²) in [6.07, 6.45) is 2.85. The van der Waals surface area contributed by atoms with Crippen LogP contribution in [0.3, 0.4) is 0 Å². The van der Waals surface area contributed by atoms with Gasteiger partial charge in [0.2, 0.25) is 0 Å². The van der Waals surface area contributed by atoms with Gasteiger partial charge in [-0.2, -0.15) is 8.42 Å². The number of amidine groups is 1. The first-order valence-corrected chi connectivity index (χ1v) is 10.4. The van der Waals surface area contributed by atoms with Crippen molar-refractivity contribution in [1.29, 1.82) is 0 Å². The minimum atomic E-state index is -3.56. The molecule has 6 nitrogen and oxygen atoms in total. The molecule has 2 aromatic rings. The van der Waals surface area contributed by atoms with Gasteiger partial charge in [-0.25, -0.2) is 4.98 Å². The van der Waals surface area contributed by atoms with E-state index in [4.69, 9.17) is 11.6 Å². The van der Waals surface area contributed by atoms with Gasteiger partial charge in [0.05, 0.1) is 0 Å². The van der Waals surface area contributed by atoms with Gasteiger partial charge in [-0.1, -0.05) is 29.8 Å². The van der Waals surface area contributed by atoms with Crippen molar-refractivity contribution in [2.75, 3.05) is 13.1 Å². The zero-order chi connectivity index (χ0) is 17.9. The Balaban J connectivity index is 1.36. The predicted molar refractivity (Wildman–Crippen MR) is 98.7 cm³/mol. The summed E-state index contributed by atoms with van der Waals surface area (Å²) in [7, 11) is -3.56. The van der Waals surface area contributed by atoms with Crippen molar-refractivity contribution in [3.8, 4) is 0 Å². The maximum absolute atomic E-state index is 12.3. The third-order valence-corrected chi connectivity index (χ3v) is 6.96. The molecule has 3 aliphatic rings. The van der Waals surface area contributed by atoms with E-state index >= 15 is 0 Å². The molecule has 0 N–H and O–H groups in total. The van der Waals surface area contributed by atoms with E-state index in [2.05, 4.69) is 19.2 Å². The molecule has 134 valence electrons. The quantitative estimate of drug-likeness (QED) is 0.737. The summed E-state index contributed by atoms with van der Waals surface area (Å²) >= 11 is 5.85. The number of likely N-dealkylation sites (tertiary alicyclic amines) is 2. The van der Waals surface area contributed by atoms with Crippen LogP contribution in [0.2, 0.25) is 5.15 Å². The second-order valence-electron chi connectivity index (χ2n) is 7.00. The molecule has 0 saturated carbocycles. The molecule has 2 bridgehead atoms. The van der Waals surface area contributed by atoms with Gasteiger partial charge in [-0.05, 0) is 30.2 Å². The molecular formula is C18H17ClN4O2S. The van der Waals surface area contributed by atoms with Gasteiger partial charge >= 0.3 is 0 Å². The lowest BCUT2D eigenvalue weighted by atomic mass is 10.1. The highest BCUT2D eigenvalue weighted by Crippen LogP contribution is 2.36. The molecule has 0 amide bonds. The number of fused-ring (bicyclic) bond motifs is 3. The molecule has 0 radical (unpaired) electrons. The van der Waals surface area contributed by atoms with Crippen LogP contribution in [0.4, 0.5) is 0 Å². The van der Waals surface area contributed by atoms with Crippen LogP contribution in [-0.2, 0) is 16.6 Å². The molecule has 5 rings (SSSR count). The van der Waals surface area contributed by atoms with Crippen molar-refractivity contribution < 1.29 is 8.42 Å². The van der Waals surface area contributed by atoms with E-state index in [-0.39, 0.29) is 0 Å². The topological polar surface area (TPSA) is 65.9 Å². The highest BCUT2D eigenvalue weighted by molar-refractivity contribution is 7.90. The molecule has 2 atom stereocenters. The number of rotatable bonds is 2. The number of piperazine rings is 1. The Bertz CT molecular complexity index is 1010. The van der Waals surface area contributed by atoms with Crippen molar-refractivity contribution in [3.63, 3.8) is 0 Å². The third-order valence-electron chi connectivity index (χ3n) is 5.41. The van der Waals surface area contributed by atoms with Gasteiger partial charge in [0.25, 0.3) is 10.0 Å². The lowest BCUT2D eigenvalue weighted by Crippen LogP contribution is -2.48. The van der Waals surface area contributed by atoms with Gasteiger partial charge in [0, 0.05) is 43.5 Å². The van der Waals surface area contributed by atoms with Crippen LogP contribution < -0.4 is 0 Å². The maximum Gasteiger partial charge on any atom is 0.285 e. The molecule has 2 unspecified atom stereocenters. The Kier molecular flexibility index (Phi) is 3.60. The van der Waals surface area contributed by atoms with Crippen molar-refractivity contribution in [3.05, 3.63) is 58.9 Å². The lowest BCUT2D eigenvalue weighted by Gasteiger charge is -2.35. The first kappa shape index (κ1) is 16.2. The van der Waals surface area contributed by atoms with Gasteiger partial charge < -0.3 is 4.90 Å². The molecule has 1 aromatic heterocycles. The zero-order valence-corrected chi connectivity index (χ0v) is 15.5. The van der Waals surface area contributed by atoms with E-state index in [1.54, 1.807) is 12.1 Å². The molecule has 0 aliphatic carbocycles. The largest absolute Gasteiger partial charge is 0.350 e. The Morgan fingerprint density at radius 1 is 1.12 bits per heavy atom. The SMILES string of the molecule is O=S1(=O)N=C(N2CC3CC2CN3Cc2ccc(Cl)nc2)c2ccccc21. The Labute approximate surface area is 157 Å². The van der Waals surface area contributed by atoms with Crippen molar-refractivity contribution in [2.24, 2.45) is 4.40 Å². The van der Waals surface area contributed by atoms with Crippen LogP contribution in [0.15, 0.2) is 51.9 Å². The Morgan fingerprint density at radius 2 is 1.96 bits per heavy atom. The summed E-state index contributed by atoms with van der Waals surface area (Å²) in [4.78, 5) is 9.07. The van der Waals surface area contributed by atoms with E-state index in [9.17, 15) is 8.42 Å². The van der Waals surface area contributed by atoms with Crippen molar-refractivity contribution in [2.45, 2.75) is 29.9 Å². The van der Waals surface area contributed by atoms with Crippen LogP contribution in [0.5, 0.6) is 0 Å². The van der Waals surface area contributed by atoms with Gasteiger partial charge in [0.1, 0.15) is 10.0 Å². The average molecular weight is 389 g/mol. The first-order chi connectivity index (χ1) is 12.5. The van der Waals surface area contributed by atoms with Crippen LogP contribution in [0.1, 0.15) is 17.5 Å². The number of halogens is 1. The summed E-state index contributed by atoms with van der Waals surface area (Å²) in [6, 6.07) is 11.6. The molecule has 2 fully saturated rings. The summed E-state index contributed by atoms with van der Waals surface area (Å²) in [5, 5.41) is 0.502. The van der Waals surface area contributed by atoms with Crippen LogP contribution in [0.25, 0.3) is 0 Å². The molecule has 0 spiro atoms. The second kappa shape index (κ2) is 5.77. The van der Waals surface area contributed by atoms with Crippen molar-refractivity contribution in [1.82, 2.24) is 14.8 Å². The molecule has 1 aromatic carbocycles. The summed E-state index contributed by atoms with van der Waals surface area (Å²) in [5.41, 5.74) is 1.87. The molecule has 2 saturated heterocycles. The Hall–Kier alpha value is -1.96. The van der Waals surface area contributed by atoms with E-state index in [1.807, 2.05) is 30.5 Å². The summed E-state index contributed by atoms with van der Waals surface area (Å²) in [6.45, 7) is 2.53. The van der Waals surface area contributed by atoms with Gasteiger partial charge in [0.15, 0.2) is 5.84 Å². The number of benzene rings is 1. The predicted octanol–water partition coefficient (Wildman–Crippen LogP) is 2.14. The summed E-state index contributed by atoms with van der Waals surface area (Å²) < 4.78 is 28.7. The second-order valence-corrected chi connectivity index (χ2v) is 8.96. The standard InChI is InChI=1S/C18H17ClN4O2S/c19-17-6-5-12(8-20-17)9-22-10-14-7-13(22)11-23(14)18-15-3-1-2-4-16(15)26(24,25)21-18/h1-6,8,13-14H,7,9-11H2. The third kappa shape index (κ3) is 2.53. The zero-order valence-electron chi connectivity index (χ0n) is 13.9.